The Bertz CT molecular complexity index is 2670. The molecule has 0 radical (unpaired) electrons. The summed E-state index contributed by atoms with van der Waals surface area (Å²) < 4.78 is 0. The third-order valence-corrected chi connectivity index (χ3v) is 10.0. The third-order valence-electron chi connectivity index (χ3n) is 10.0. The Labute approximate surface area is 344 Å². The Balaban J connectivity index is 1.43. The molecule has 0 amide bonds. The number of rotatable bonds is 4. The largest absolute Gasteiger partial charge is 0.378 e. The lowest BCUT2D eigenvalue weighted by Crippen LogP contribution is -2.07. The molecule has 0 spiro atoms. The first-order chi connectivity index (χ1) is 28.0. The molecule has 0 saturated heterocycles. The molecule has 7 rings (SSSR count). The lowest BCUT2D eigenvalue weighted by Gasteiger charge is -2.13. The average Bonchev–Trinajstić information content (AvgIpc) is 3.23. The maximum absolute atomic E-state index is 3.61. The Morgan fingerprint density at radius 2 is 0.466 bits per heavy atom. The van der Waals surface area contributed by atoms with E-state index >= 15 is 0 Å². The van der Waals surface area contributed by atoms with Gasteiger partial charge in [-0.25, -0.2) is 0 Å². The molecular weight excluding hydrogens is 705 g/mol. The molecule has 282 valence electrons. The van der Waals surface area contributed by atoms with Crippen molar-refractivity contribution in [2.75, 3.05) is 76.0 Å². The standard InChI is InChI=1S/C54H46N4/c1-55(2)45-25-13-39(14-26-45)9-11-43-23-35-51-50(34-22-42-19-31-48(32-20-42)58(7)8)54-38-44(12-10-40-15-27-46(28-16-40)56(3)4)24-36-52(54)49(53(51)37-43)33-21-41-17-29-47(30-18-41)57(5)6/h13-20,23-32,35-38H,1-8H3. The van der Waals surface area contributed by atoms with Crippen LogP contribution in [0.3, 0.4) is 0 Å². The summed E-state index contributed by atoms with van der Waals surface area (Å²) in [4.78, 5) is 8.35. The molecule has 0 aliphatic carbocycles. The van der Waals surface area contributed by atoms with Gasteiger partial charge >= 0.3 is 0 Å². The monoisotopic (exact) mass is 750 g/mol. The highest BCUT2D eigenvalue weighted by Gasteiger charge is 2.14. The summed E-state index contributed by atoms with van der Waals surface area (Å²) in [7, 11) is 16.3. The smallest absolute Gasteiger partial charge is 0.0407 e. The van der Waals surface area contributed by atoms with E-state index in [9.17, 15) is 0 Å². The molecule has 0 saturated carbocycles. The molecule has 58 heavy (non-hydrogen) atoms. The van der Waals surface area contributed by atoms with Crippen molar-refractivity contribution < 1.29 is 0 Å². The summed E-state index contributed by atoms with van der Waals surface area (Å²) in [6, 6.07) is 46.1. The van der Waals surface area contributed by atoms with E-state index in [1.807, 2.05) is 56.4 Å². The van der Waals surface area contributed by atoms with Gasteiger partial charge in [-0.15, -0.1) is 0 Å². The zero-order valence-electron chi connectivity index (χ0n) is 34.5. The van der Waals surface area contributed by atoms with Crippen LogP contribution < -0.4 is 19.6 Å². The first-order valence-electron chi connectivity index (χ1n) is 19.2. The van der Waals surface area contributed by atoms with E-state index < -0.39 is 0 Å². The van der Waals surface area contributed by atoms with Gasteiger partial charge in [0.25, 0.3) is 0 Å². The summed E-state index contributed by atoms with van der Waals surface area (Å²) >= 11 is 0. The lowest BCUT2D eigenvalue weighted by atomic mass is 9.89. The van der Waals surface area contributed by atoms with E-state index in [-0.39, 0.29) is 0 Å². The van der Waals surface area contributed by atoms with Gasteiger partial charge in [0.1, 0.15) is 0 Å². The minimum absolute atomic E-state index is 0.905. The predicted molar refractivity (Wildman–Crippen MR) is 248 cm³/mol. The summed E-state index contributed by atoms with van der Waals surface area (Å²) in [6.45, 7) is 0. The van der Waals surface area contributed by atoms with Gasteiger partial charge in [0.05, 0.1) is 0 Å². The van der Waals surface area contributed by atoms with E-state index in [1.54, 1.807) is 0 Å². The molecule has 0 atom stereocenters. The number of benzene rings is 7. The first kappa shape index (κ1) is 38.8. The zero-order chi connectivity index (χ0) is 40.8. The van der Waals surface area contributed by atoms with E-state index in [0.717, 1.165) is 88.8 Å². The third kappa shape index (κ3) is 8.96. The van der Waals surface area contributed by atoms with Crippen molar-refractivity contribution in [2.45, 2.75) is 0 Å². The molecule has 7 aromatic rings. The van der Waals surface area contributed by atoms with Crippen LogP contribution in [0.5, 0.6) is 0 Å². The quantitative estimate of drug-likeness (QED) is 0.131. The molecule has 0 aromatic heterocycles. The van der Waals surface area contributed by atoms with Crippen molar-refractivity contribution in [3.05, 3.63) is 178 Å². The summed E-state index contributed by atoms with van der Waals surface area (Å²) in [5.41, 5.74) is 12.0. The summed E-state index contributed by atoms with van der Waals surface area (Å²) in [6.07, 6.45) is 0. The van der Waals surface area contributed by atoms with E-state index in [1.165, 1.54) is 0 Å². The summed E-state index contributed by atoms with van der Waals surface area (Å²) in [5, 5.41) is 4.04. The number of nitrogens with zero attached hydrogens (tertiary/aromatic N) is 4. The minimum atomic E-state index is 0.905. The average molecular weight is 751 g/mol. The number of fused-ring (bicyclic) bond motifs is 2. The second kappa shape index (κ2) is 17.1. The first-order valence-corrected chi connectivity index (χ1v) is 19.2. The maximum atomic E-state index is 3.61. The van der Waals surface area contributed by atoms with Crippen LogP contribution in [0.1, 0.15) is 44.5 Å². The number of hydrogen-bond donors (Lipinski definition) is 0. The highest BCUT2D eigenvalue weighted by atomic mass is 15.1. The van der Waals surface area contributed by atoms with Crippen molar-refractivity contribution in [1.29, 1.82) is 0 Å². The van der Waals surface area contributed by atoms with Crippen LogP contribution in [0.25, 0.3) is 21.5 Å². The fourth-order valence-corrected chi connectivity index (χ4v) is 6.58. The second-order valence-corrected chi connectivity index (χ2v) is 15.0. The molecule has 0 aliphatic heterocycles. The SMILES string of the molecule is CN(C)c1ccc(C#Cc2ccc3c(C#Cc4ccc(N(C)C)cc4)c4cc(C#Cc5ccc(N(C)C)cc5)ccc4c(C#Cc4ccc(N(C)C)cc4)c3c2)cc1. The molecule has 0 bridgehead atoms. The Hall–Kier alpha value is -7.50. The Morgan fingerprint density at radius 1 is 0.241 bits per heavy atom. The van der Waals surface area contributed by atoms with Gasteiger partial charge in [0, 0.05) is 134 Å². The van der Waals surface area contributed by atoms with Crippen molar-refractivity contribution in [2.24, 2.45) is 0 Å². The molecule has 0 fully saturated rings. The molecular formula is C54H46N4. The molecule has 4 heteroatoms. The highest BCUT2D eigenvalue weighted by Crippen LogP contribution is 2.34. The van der Waals surface area contributed by atoms with Crippen LogP contribution in [-0.2, 0) is 0 Å². The molecule has 4 nitrogen and oxygen atoms in total. The topological polar surface area (TPSA) is 13.0 Å². The van der Waals surface area contributed by atoms with Crippen LogP contribution >= 0.6 is 0 Å². The van der Waals surface area contributed by atoms with Gasteiger partial charge in [0.2, 0.25) is 0 Å². The van der Waals surface area contributed by atoms with E-state index in [0.29, 0.717) is 0 Å². The lowest BCUT2D eigenvalue weighted by molar-refractivity contribution is 1.13. The van der Waals surface area contributed by atoms with Crippen LogP contribution in [0, 0.1) is 47.4 Å². The van der Waals surface area contributed by atoms with Gasteiger partial charge in [-0.3, -0.25) is 0 Å². The molecule has 7 aromatic carbocycles. The molecule has 0 heterocycles. The van der Waals surface area contributed by atoms with E-state index in [4.69, 9.17) is 0 Å². The van der Waals surface area contributed by atoms with Crippen molar-refractivity contribution >= 4 is 44.3 Å². The molecule has 0 unspecified atom stereocenters. The fraction of sp³-hybridized carbons (Fsp3) is 0.148. The predicted octanol–water partition coefficient (Wildman–Crippen LogP) is 9.86. The zero-order valence-corrected chi connectivity index (χ0v) is 34.5. The van der Waals surface area contributed by atoms with Crippen LogP contribution in [0.4, 0.5) is 22.7 Å². The van der Waals surface area contributed by atoms with Gasteiger partial charge in [0.15, 0.2) is 0 Å². The maximum Gasteiger partial charge on any atom is 0.0407 e. The van der Waals surface area contributed by atoms with Crippen LogP contribution in [0.15, 0.2) is 133 Å². The summed E-state index contributed by atoms with van der Waals surface area (Å²) in [5.74, 6) is 27.8. The fourth-order valence-electron chi connectivity index (χ4n) is 6.58. The highest BCUT2D eigenvalue weighted by molar-refractivity contribution is 6.10. The molecule has 0 aliphatic rings. The second-order valence-electron chi connectivity index (χ2n) is 15.0. The van der Waals surface area contributed by atoms with Crippen LogP contribution in [0.2, 0.25) is 0 Å². The normalized spacial score (nSPS) is 10.2. The minimum Gasteiger partial charge on any atom is -0.378 e. The van der Waals surface area contributed by atoms with Crippen LogP contribution in [-0.4, -0.2) is 56.4 Å². The van der Waals surface area contributed by atoms with Gasteiger partial charge < -0.3 is 19.6 Å². The van der Waals surface area contributed by atoms with Crippen molar-refractivity contribution in [3.8, 4) is 47.4 Å². The number of anilines is 4. The van der Waals surface area contributed by atoms with Gasteiger partial charge in [-0.1, -0.05) is 59.5 Å². The Morgan fingerprint density at radius 3 is 0.724 bits per heavy atom. The van der Waals surface area contributed by atoms with Gasteiger partial charge in [-0.05, 0) is 132 Å². The number of hydrogen-bond acceptors (Lipinski definition) is 4. The molecule has 0 N–H and O–H groups in total. The van der Waals surface area contributed by atoms with Crippen molar-refractivity contribution in [3.63, 3.8) is 0 Å². The van der Waals surface area contributed by atoms with E-state index in [2.05, 4.69) is 200 Å². The van der Waals surface area contributed by atoms with Gasteiger partial charge in [-0.2, -0.15) is 0 Å². The Kier molecular flexibility index (Phi) is 11.4. The van der Waals surface area contributed by atoms with Crippen molar-refractivity contribution in [1.82, 2.24) is 0 Å².